The Kier molecular flexibility index (Phi) is 4.15. The smallest absolute Gasteiger partial charge is 0.224 e. The van der Waals surface area contributed by atoms with E-state index in [4.69, 9.17) is 0 Å². The van der Waals surface area contributed by atoms with Crippen LogP contribution >= 0.6 is 11.3 Å². The Bertz CT molecular complexity index is 531. The lowest BCUT2D eigenvalue weighted by Gasteiger charge is -2.09. The fourth-order valence-electron chi connectivity index (χ4n) is 1.79. The van der Waals surface area contributed by atoms with Gasteiger partial charge in [0.05, 0.1) is 0 Å². The summed E-state index contributed by atoms with van der Waals surface area (Å²) in [5, 5.41) is 5.02. The minimum absolute atomic E-state index is 0.0806. The summed E-state index contributed by atoms with van der Waals surface area (Å²) in [5.41, 5.74) is 3.26. The molecular formula is C15H17NOS. The predicted octanol–water partition coefficient (Wildman–Crippen LogP) is 3.94. The molecule has 0 aliphatic rings. The van der Waals surface area contributed by atoms with Crippen molar-refractivity contribution in [1.29, 1.82) is 0 Å². The van der Waals surface area contributed by atoms with Crippen molar-refractivity contribution in [2.75, 3.05) is 5.32 Å². The summed E-state index contributed by atoms with van der Waals surface area (Å²) in [6.45, 7) is 4.08. The normalized spacial score (nSPS) is 10.3. The lowest BCUT2D eigenvalue weighted by atomic mass is 10.1. The number of nitrogens with one attached hydrogen (secondary N) is 1. The summed E-state index contributed by atoms with van der Waals surface area (Å²) >= 11 is 1.70. The number of benzene rings is 1. The predicted molar refractivity (Wildman–Crippen MR) is 77.2 cm³/mol. The number of amides is 1. The molecule has 0 spiro atoms. The van der Waals surface area contributed by atoms with Crippen LogP contribution in [0, 0.1) is 13.8 Å². The largest absolute Gasteiger partial charge is 0.326 e. The zero-order valence-electron chi connectivity index (χ0n) is 10.7. The van der Waals surface area contributed by atoms with Gasteiger partial charge in [-0.3, -0.25) is 4.79 Å². The Morgan fingerprint density at radius 3 is 2.78 bits per heavy atom. The van der Waals surface area contributed by atoms with E-state index in [2.05, 4.69) is 24.4 Å². The molecule has 94 valence electrons. The first-order valence-corrected chi connectivity index (χ1v) is 6.93. The second-order valence-corrected chi connectivity index (χ2v) is 5.41. The average Bonchev–Trinajstić information content (AvgIpc) is 2.86. The van der Waals surface area contributed by atoms with Crippen molar-refractivity contribution in [3.63, 3.8) is 0 Å². The number of carbonyl (C=O) groups excluding carboxylic acids is 1. The third-order valence-electron chi connectivity index (χ3n) is 3.06. The van der Waals surface area contributed by atoms with Gasteiger partial charge < -0.3 is 5.32 Å². The van der Waals surface area contributed by atoms with Gasteiger partial charge in [0.1, 0.15) is 0 Å². The molecule has 1 heterocycles. The Morgan fingerprint density at radius 2 is 2.06 bits per heavy atom. The molecule has 0 atom stereocenters. The first-order chi connectivity index (χ1) is 8.66. The molecule has 2 nitrogen and oxygen atoms in total. The number of carbonyl (C=O) groups is 1. The molecule has 1 aromatic heterocycles. The average molecular weight is 259 g/mol. The van der Waals surface area contributed by atoms with Gasteiger partial charge in [0.25, 0.3) is 0 Å². The van der Waals surface area contributed by atoms with E-state index in [0.29, 0.717) is 6.42 Å². The van der Waals surface area contributed by atoms with E-state index in [1.54, 1.807) is 11.3 Å². The highest BCUT2D eigenvalue weighted by Crippen LogP contribution is 2.18. The van der Waals surface area contributed by atoms with Crippen molar-refractivity contribution in [3.05, 3.63) is 51.7 Å². The molecule has 18 heavy (non-hydrogen) atoms. The standard InChI is InChI=1S/C15H17NOS/c1-11-5-3-7-14(12(11)2)16-15(17)9-8-13-6-4-10-18-13/h3-7,10H,8-9H2,1-2H3,(H,16,17). The third kappa shape index (κ3) is 3.20. The Balaban J connectivity index is 1.93. The fourth-order valence-corrected chi connectivity index (χ4v) is 2.50. The minimum Gasteiger partial charge on any atom is -0.326 e. The van der Waals surface area contributed by atoms with Gasteiger partial charge in [0.2, 0.25) is 5.91 Å². The number of aryl methyl sites for hydroxylation is 2. The lowest BCUT2D eigenvalue weighted by Crippen LogP contribution is -2.13. The quantitative estimate of drug-likeness (QED) is 0.885. The maximum atomic E-state index is 11.9. The second-order valence-electron chi connectivity index (χ2n) is 4.38. The molecule has 1 aromatic carbocycles. The van der Waals surface area contributed by atoms with Gasteiger partial charge in [0, 0.05) is 17.0 Å². The monoisotopic (exact) mass is 259 g/mol. The van der Waals surface area contributed by atoms with E-state index < -0.39 is 0 Å². The molecule has 0 fully saturated rings. The molecule has 0 saturated heterocycles. The van der Waals surface area contributed by atoms with E-state index in [0.717, 1.165) is 17.7 Å². The van der Waals surface area contributed by atoms with E-state index in [1.807, 2.05) is 30.5 Å². The van der Waals surface area contributed by atoms with E-state index in [-0.39, 0.29) is 5.91 Å². The summed E-state index contributed by atoms with van der Waals surface area (Å²) in [7, 11) is 0. The van der Waals surface area contributed by atoms with Gasteiger partial charge in [-0.05, 0) is 48.9 Å². The molecule has 0 aliphatic carbocycles. The Morgan fingerprint density at radius 1 is 1.22 bits per heavy atom. The summed E-state index contributed by atoms with van der Waals surface area (Å²) in [4.78, 5) is 13.1. The third-order valence-corrected chi connectivity index (χ3v) is 3.99. The summed E-state index contributed by atoms with van der Waals surface area (Å²) < 4.78 is 0. The van der Waals surface area contributed by atoms with Crippen LogP contribution in [0.3, 0.4) is 0 Å². The lowest BCUT2D eigenvalue weighted by molar-refractivity contribution is -0.116. The van der Waals surface area contributed by atoms with Gasteiger partial charge in [0.15, 0.2) is 0 Å². The number of thiophene rings is 1. The molecule has 0 unspecified atom stereocenters. The van der Waals surface area contributed by atoms with Crippen molar-refractivity contribution < 1.29 is 4.79 Å². The highest BCUT2D eigenvalue weighted by Gasteiger charge is 2.06. The molecule has 0 bridgehead atoms. The molecule has 2 rings (SSSR count). The molecule has 0 aliphatic heterocycles. The number of anilines is 1. The Labute approximate surface area is 112 Å². The van der Waals surface area contributed by atoms with Crippen LogP contribution in [0.25, 0.3) is 0 Å². The molecule has 0 saturated carbocycles. The fraction of sp³-hybridized carbons (Fsp3) is 0.267. The highest BCUT2D eigenvalue weighted by atomic mass is 32.1. The van der Waals surface area contributed by atoms with Crippen LogP contribution in [0.2, 0.25) is 0 Å². The molecule has 1 amide bonds. The minimum atomic E-state index is 0.0806. The zero-order chi connectivity index (χ0) is 13.0. The SMILES string of the molecule is Cc1cccc(NC(=O)CCc2cccs2)c1C. The van der Waals surface area contributed by atoms with Gasteiger partial charge in [-0.1, -0.05) is 18.2 Å². The second kappa shape index (κ2) is 5.83. The van der Waals surface area contributed by atoms with Crippen LogP contribution in [0.5, 0.6) is 0 Å². The van der Waals surface area contributed by atoms with Crippen LogP contribution in [0.1, 0.15) is 22.4 Å². The number of hydrogen-bond donors (Lipinski definition) is 1. The maximum absolute atomic E-state index is 11.9. The number of rotatable bonds is 4. The molecular weight excluding hydrogens is 242 g/mol. The summed E-state index contributed by atoms with van der Waals surface area (Å²) in [6.07, 6.45) is 1.35. The summed E-state index contributed by atoms with van der Waals surface area (Å²) in [5.74, 6) is 0.0806. The molecule has 1 N–H and O–H groups in total. The van der Waals surface area contributed by atoms with Gasteiger partial charge in [-0.25, -0.2) is 0 Å². The van der Waals surface area contributed by atoms with E-state index in [1.165, 1.54) is 10.4 Å². The van der Waals surface area contributed by atoms with Crippen molar-refractivity contribution in [2.45, 2.75) is 26.7 Å². The van der Waals surface area contributed by atoms with Crippen LogP contribution in [-0.2, 0) is 11.2 Å². The zero-order valence-corrected chi connectivity index (χ0v) is 11.5. The number of hydrogen-bond acceptors (Lipinski definition) is 2. The van der Waals surface area contributed by atoms with Crippen LogP contribution < -0.4 is 5.32 Å². The van der Waals surface area contributed by atoms with E-state index in [9.17, 15) is 4.79 Å². The van der Waals surface area contributed by atoms with Gasteiger partial charge in [-0.2, -0.15) is 0 Å². The van der Waals surface area contributed by atoms with Crippen molar-refractivity contribution >= 4 is 22.9 Å². The first kappa shape index (κ1) is 12.8. The molecule has 3 heteroatoms. The van der Waals surface area contributed by atoms with Crippen LogP contribution in [-0.4, -0.2) is 5.91 Å². The van der Waals surface area contributed by atoms with Crippen LogP contribution in [0.4, 0.5) is 5.69 Å². The highest BCUT2D eigenvalue weighted by molar-refractivity contribution is 7.09. The van der Waals surface area contributed by atoms with Crippen LogP contribution in [0.15, 0.2) is 35.7 Å². The van der Waals surface area contributed by atoms with E-state index >= 15 is 0 Å². The summed E-state index contributed by atoms with van der Waals surface area (Å²) in [6, 6.07) is 10.1. The van der Waals surface area contributed by atoms with Crippen molar-refractivity contribution in [3.8, 4) is 0 Å². The molecule has 0 radical (unpaired) electrons. The first-order valence-electron chi connectivity index (χ1n) is 6.05. The maximum Gasteiger partial charge on any atom is 0.224 e. The topological polar surface area (TPSA) is 29.1 Å². The van der Waals surface area contributed by atoms with Gasteiger partial charge >= 0.3 is 0 Å². The van der Waals surface area contributed by atoms with Crippen molar-refractivity contribution in [1.82, 2.24) is 0 Å². The van der Waals surface area contributed by atoms with Gasteiger partial charge in [-0.15, -0.1) is 11.3 Å². The molecule has 2 aromatic rings. The van der Waals surface area contributed by atoms with Crippen molar-refractivity contribution in [2.24, 2.45) is 0 Å². The Hall–Kier alpha value is -1.61.